The molecule has 3 nitrogen and oxygen atoms in total. The first-order chi connectivity index (χ1) is 10.0. The second-order valence-electron chi connectivity index (χ2n) is 6.67. The summed E-state index contributed by atoms with van der Waals surface area (Å²) < 4.78 is 0. The predicted molar refractivity (Wildman–Crippen MR) is 85.1 cm³/mol. The van der Waals surface area contributed by atoms with E-state index in [0.29, 0.717) is 12.3 Å². The second-order valence-corrected chi connectivity index (χ2v) is 6.67. The van der Waals surface area contributed by atoms with Crippen LogP contribution in [0.3, 0.4) is 0 Å². The highest BCUT2D eigenvalue weighted by molar-refractivity contribution is 5.77. The molecule has 1 aromatic rings. The molecule has 0 aromatic heterocycles. The molecule has 1 saturated carbocycles. The molecule has 3 heteroatoms. The number of hydrogen-bond donors (Lipinski definition) is 2. The maximum atomic E-state index is 12.2. The lowest BCUT2D eigenvalue weighted by molar-refractivity contribution is -0.124. The molecule has 2 rings (SSSR count). The van der Waals surface area contributed by atoms with Crippen molar-refractivity contribution in [3.63, 3.8) is 0 Å². The van der Waals surface area contributed by atoms with Gasteiger partial charge in [0.2, 0.25) is 5.91 Å². The molecule has 0 saturated heterocycles. The van der Waals surface area contributed by atoms with Crippen molar-refractivity contribution in [3.8, 4) is 0 Å². The van der Waals surface area contributed by atoms with Crippen LogP contribution in [0.2, 0.25) is 0 Å². The summed E-state index contributed by atoms with van der Waals surface area (Å²) in [6.07, 6.45) is 5.30. The Morgan fingerprint density at radius 3 is 2.71 bits per heavy atom. The smallest absolute Gasteiger partial charge is 0.220 e. The van der Waals surface area contributed by atoms with Gasteiger partial charge in [0, 0.05) is 6.42 Å². The van der Waals surface area contributed by atoms with Gasteiger partial charge in [0.25, 0.3) is 0 Å². The van der Waals surface area contributed by atoms with Gasteiger partial charge in [0.05, 0.1) is 12.1 Å². The number of carbonyl (C=O) groups is 1. The first kappa shape index (κ1) is 16.0. The first-order valence-corrected chi connectivity index (χ1v) is 8.00. The van der Waals surface area contributed by atoms with Gasteiger partial charge < -0.3 is 10.4 Å². The zero-order valence-corrected chi connectivity index (χ0v) is 13.2. The average molecular weight is 289 g/mol. The van der Waals surface area contributed by atoms with Crippen molar-refractivity contribution in [3.05, 3.63) is 35.4 Å². The number of aliphatic hydroxyl groups is 1. The monoisotopic (exact) mass is 289 g/mol. The third-order valence-corrected chi connectivity index (χ3v) is 4.56. The number of rotatable bonds is 5. The highest BCUT2D eigenvalue weighted by Gasteiger charge is 2.35. The van der Waals surface area contributed by atoms with Crippen LogP contribution < -0.4 is 5.32 Å². The van der Waals surface area contributed by atoms with E-state index in [4.69, 9.17) is 0 Å². The molecule has 2 atom stereocenters. The van der Waals surface area contributed by atoms with Crippen LogP contribution in [-0.2, 0) is 11.2 Å². The van der Waals surface area contributed by atoms with Crippen LogP contribution in [0.1, 0.15) is 50.2 Å². The van der Waals surface area contributed by atoms with Gasteiger partial charge >= 0.3 is 0 Å². The van der Waals surface area contributed by atoms with Gasteiger partial charge in [0.15, 0.2) is 0 Å². The topological polar surface area (TPSA) is 49.3 Å². The summed E-state index contributed by atoms with van der Waals surface area (Å²) in [6.45, 7) is 4.31. The minimum absolute atomic E-state index is 0.0492. The standard InChI is InChI=1S/C18H27NO2/c1-14-5-7-16(8-6-14)9-10-17(21)19-18(13-20)11-3-4-15(2)12-18/h5-8,15,20H,3-4,9-13H2,1-2H3,(H,19,21). The molecule has 0 radical (unpaired) electrons. The van der Waals surface area contributed by atoms with Crippen LogP contribution in [0.15, 0.2) is 24.3 Å². The Balaban J connectivity index is 1.86. The summed E-state index contributed by atoms with van der Waals surface area (Å²) in [5, 5.41) is 12.8. The summed E-state index contributed by atoms with van der Waals surface area (Å²) in [4.78, 5) is 12.2. The summed E-state index contributed by atoms with van der Waals surface area (Å²) in [5.41, 5.74) is 2.03. The minimum Gasteiger partial charge on any atom is -0.394 e. The van der Waals surface area contributed by atoms with Gasteiger partial charge in [-0.2, -0.15) is 0 Å². The Bertz CT molecular complexity index is 469. The van der Waals surface area contributed by atoms with Crippen molar-refractivity contribution in [1.29, 1.82) is 0 Å². The van der Waals surface area contributed by atoms with Gasteiger partial charge in [0.1, 0.15) is 0 Å². The molecule has 116 valence electrons. The Morgan fingerprint density at radius 1 is 1.38 bits per heavy atom. The summed E-state index contributed by atoms with van der Waals surface area (Å²) in [6, 6.07) is 8.30. The van der Waals surface area contributed by atoms with Gasteiger partial charge in [-0.1, -0.05) is 49.6 Å². The lowest BCUT2D eigenvalue weighted by Gasteiger charge is -2.39. The lowest BCUT2D eigenvalue weighted by atomic mass is 9.76. The van der Waals surface area contributed by atoms with E-state index in [1.807, 2.05) is 0 Å². The van der Waals surface area contributed by atoms with Gasteiger partial charge in [-0.05, 0) is 37.7 Å². The highest BCUT2D eigenvalue weighted by atomic mass is 16.3. The summed E-state index contributed by atoms with van der Waals surface area (Å²) in [5.74, 6) is 0.627. The first-order valence-electron chi connectivity index (χ1n) is 8.00. The summed E-state index contributed by atoms with van der Waals surface area (Å²) >= 11 is 0. The third kappa shape index (κ3) is 4.57. The van der Waals surface area contributed by atoms with Gasteiger partial charge in [-0.25, -0.2) is 0 Å². The number of amides is 1. The highest BCUT2D eigenvalue weighted by Crippen LogP contribution is 2.32. The van der Waals surface area contributed by atoms with E-state index in [1.54, 1.807) is 0 Å². The van der Waals surface area contributed by atoms with E-state index in [2.05, 4.69) is 43.4 Å². The van der Waals surface area contributed by atoms with Crippen molar-refractivity contribution in [2.45, 2.75) is 57.9 Å². The molecule has 1 aromatic carbocycles. The number of carbonyl (C=O) groups excluding carboxylic acids is 1. The summed E-state index contributed by atoms with van der Waals surface area (Å²) in [7, 11) is 0. The fourth-order valence-electron chi connectivity index (χ4n) is 3.33. The van der Waals surface area contributed by atoms with Crippen LogP contribution in [0.5, 0.6) is 0 Å². The fraction of sp³-hybridized carbons (Fsp3) is 0.611. The van der Waals surface area contributed by atoms with Crippen LogP contribution >= 0.6 is 0 Å². The predicted octanol–water partition coefficient (Wildman–Crippen LogP) is 2.99. The van der Waals surface area contributed by atoms with Crippen molar-refractivity contribution in [2.75, 3.05) is 6.61 Å². The van der Waals surface area contributed by atoms with E-state index in [0.717, 1.165) is 25.7 Å². The molecule has 1 fully saturated rings. The van der Waals surface area contributed by atoms with Crippen LogP contribution in [0.4, 0.5) is 0 Å². The average Bonchev–Trinajstić information content (AvgIpc) is 2.46. The normalized spacial score (nSPS) is 25.6. The largest absolute Gasteiger partial charge is 0.394 e. The maximum Gasteiger partial charge on any atom is 0.220 e. The molecule has 2 N–H and O–H groups in total. The van der Waals surface area contributed by atoms with E-state index in [1.165, 1.54) is 17.5 Å². The Kier molecular flexibility index (Phi) is 5.40. The van der Waals surface area contributed by atoms with E-state index < -0.39 is 0 Å². The molecule has 0 bridgehead atoms. The van der Waals surface area contributed by atoms with E-state index in [9.17, 15) is 9.90 Å². The van der Waals surface area contributed by atoms with Crippen molar-refractivity contribution in [1.82, 2.24) is 5.32 Å². The zero-order valence-electron chi connectivity index (χ0n) is 13.2. The van der Waals surface area contributed by atoms with Crippen LogP contribution in [0.25, 0.3) is 0 Å². The van der Waals surface area contributed by atoms with E-state index in [-0.39, 0.29) is 18.1 Å². The Hall–Kier alpha value is -1.35. The van der Waals surface area contributed by atoms with Gasteiger partial charge in [-0.3, -0.25) is 4.79 Å². The van der Waals surface area contributed by atoms with Crippen LogP contribution in [-0.4, -0.2) is 23.2 Å². The van der Waals surface area contributed by atoms with E-state index >= 15 is 0 Å². The number of aliphatic hydroxyl groups excluding tert-OH is 1. The van der Waals surface area contributed by atoms with Crippen LogP contribution in [0, 0.1) is 12.8 Å². The number of nitrogens with one attached hydrogen (secondary N) is 1. The second kappa shape index (κ2) is 7.08. The number of aryl methyl sites for hydroxylation is 2. The molecule has 2 unspecified atom stereocenters. The third-order valence-electron chi connectivity index (χ3n) is 4.56. The molecule has 21 heavy (non-hydrogen) atoms. The molecule has 1 aliphatic rings. The quantitative estimate of drug-likeness (QED) is 0.875. The zero-order chi connectivity index (χ0) is 15.3. The number of benzene rings is 1. The molecule has 1 aliphatic carbocycles. The molecule has 0 heterocycles. The van der Waals surface area contributed by atoms with Gasteiger partial charge in [-0.15, -0.1) is 0 Å². The Morgan fingerprint density at radius 2 is 2.10 bits per heavy atom. The lowest BCUT2D eigenvalue weighted by Crippen LogP contribution is -2.53. The Labute approximate surface area is 127 Å². The molecule has 1 amide bonds. The molecular weight excluding hydrogens is 262 g/mol. The fourth-order valence-corrected chi connectivity index (χ4v) is 3.33. The SMILES string of the molecule is Cc1ccc(CCC(=O)NC2(CO)CCCC(C)C2)cc1. The maximum absolute atomic E-state index is 12.2. The molecule has 0 aliphatic heterocycles. The van der Waals surface area contributed by atoms with Crippen molar-refractivity contribution < 1.29 is 9.90 Å². The molecule has 0 spiro atoms. The number of hydrogen-bond acceptors (Lipinski definition) is 2. The minimum atomic E-state index is -0.387. The van der Waals surface area contributed by atoms with Crippen molar-refractivity contribution in [2.24, 2.45) is 5.92 Å². The molecular formula is C18H27NO2. The van der Waals surface area contributed by atoms with Crippen molar-refractivity contribution >= 4 is 5.91 Å².